The van der Waals surface area contributed by atoms with Crippen molar-refractivity contribution in [3.63, 3.8) is 0 Å². The lowest BCUT2D eigenvalue weighted by Gasteiger charge is -2.17. The molecule has 3 rings (SSSR count). The number of aliphatic imine (C=N–C) groups is 1. The fourth-order valence-corrected chi connectivity index (χ4v) is 4.51. The Morgan fingerprint density at radius 1 is 1.27 bits per heavy atom. The molecule has 2 aliphatic heterocycles. The Kier molecular flexibility index (Phi) is 7.05. The molecule has 0 saturated carbocycles. The van der Waals surface area contributed by atoms with Crippen LogP contribution in [0.5, 0.6) is 0 Å². The quantitative estimate of drug-likeness (QED) is 0.547. The van der Waals surface area contributed by atoms with E-state index in [0.717, 1.165) is 49.7 Å². The summed E-state index contributed by atoms with van der Waals surface area (Å²) in [7, 11) is 1.80. The average molecular weight is 376 g/mol. The Morgan fingerprint density at radius 3 is 2.85 bits per heavy atom. The fraction of sp³-hybridized carbons (Fsp3) is 0.579. The second-order valence-electron chi connectivity index (χ2n) is 6.77. The molecule has 2 saturated heterocycles. The monoisotopic (exact) mass is 375 g/mol. The van der Waals surface area contributed by atoms with Gasteiger partial charge in [-0.1, -0.05) is 12.1 Å². The molecule has 1 aromatic carbocycles. The first-order chi connectivity index (χ1) is 12.7. The van der Waals surface area contributed by atoms with Gasteiger partial charge in [0.2, 0.25) is 0 Å². The molecule has 2 amide bonds. The van der Waals surface area contributed by atoms with Gasteiger partial charge in [0.1, 0.15) is 0 Å². The van der Waals surface area contributed by atoms with Crippen molar-refractivity contribution in [2.45, 2.75) is 37.5 Å². The minimum atomic E-state index is -0.000788. The number of guanidine groups is 1. The number of urea groups is 1. The van der Waals surface area contributed by atoms with Crippen LogP contribution in [-0.4, -0.2) is 54.6 Å². The van der Waals surface area contributed by atoms with Gasteiger partial charge in [0.25, 0.3) is 0 Å². The number of anilines is 1. The highest BCUT2D eigenvalue weighted by Gasteiger charge is 2.18. The van der Waals surface area contributed by atoms with Crippen molar-refractivity contribution in [1.82, 2.24) is 15.5 Å². The van der Waals surface area contributed by atoms with Crippen LogP contribution in [0.3, 0.4) is 0 Å². The molecule has 0 spiro atoms. The lowest BCUT2D eigenvalue weighted by molar-refractivity contribution is 0.222. The van der Waals surface area contributed by atoms with Crippen LogP contribution in [0.25, 0.3) is 0 Å². The van der Waals surface area contributed by atoms with Gasteiger partial charge in [-0.2, -0.15) is 11.8 Å². The number of amides is 2. The smallest absolute Gasteiger partial charge is 0.321 e. The van der Waals surface area contributed by atoms with Crippen LogP contribution in [-0.2, 0) is 6.54 Å². The lowest BCUT2D eigenvalue weighted by Crippen LogP contribution is -2.39. The van der Waals surface area contributed by atoms with Gasteiger partial charge in [0, 0.05) is 44.2 Å². The number of hydrogen-bond donors (Lipinski definition) is 3. The molecule has 6 nitrogen and oxygen atoms in total. The van der Waals surface area contributed by atoms with Crippen LogP contribution in [0.15, 0.2) is 29.3 Å². The molecule has 2 aliphatic rings. The summed E-state index contributed by atoms with van der Waals surface area (Å²) < 4.78 is 0. The van der Waals surface area contributed by atoms with Crippen LogP contribution in [0, 0.1) is 0 Å². The summed E-state index contributed by atoms with van der Waals surface area (Å²) in [6.07, 6.45) is 4.80. The van der Waals surface area contributed by atoms with Gasteiger partial charge >= 0.3 is 6.03 Å². The van der Waals surface area contributed by atoms with Crippen molar-refractivity contribution < 1.29 is 4.79 Å². The number of hydrogen-bond acceptors (Lipinski definition) is 3. The van der Waals surface area contributed by atoms with E-state index in [1.54, 1.807) is 7.05 Å². The number of thioether (sulfide) groups is 1. The SMILES string of the molecule is CN=C(NCc1cccc(NC(=O)N2CCCC2)c1)NCC1CCCS1. The Balaban J connectivity index is 1.47. The normalized spacial score (nSPS) is 20.3. The number of carbonyl (C=O) groups excluding carboxylic acids is 1. The molecule has 26 heavy (non-hydrogen) atoms. The van der Waals surface area contributed by atoms with E-state index in [0.29, 0.717) is 11.8 Å². The Labute approximate surface area is 160 Å². The summed E-state index contributed by atoms with van der Waals surface area (Å²) in [4.78, 5) is 18.4. The predicted octanol–water partition coefficient (Wildman–Crippen LogP) is 2.87. The summed E-state index contributed by atoms with van der Waals surface area (Å²) in [5.74, 6) is 2.10. The minimum absolute atomic E-state index is 0.000788. The summed E-state index contributed by atoms with van der Waals surface area (Å²) in [5, 5.41) is 10.4. The van der Waals surface area contributed by atoms with Gasteiger partial charge in [-0.15, -0.1) is 0 Å². The van der Waals surface area contributed by atoms with Gasteiger partial charge < -0.3 is 20.9 Å². The molecule has 0 radical (unpaired) electrons. The first-order valence-corrected chi connectivity index (χ1v) is 10.5. The predicted molar refractivity (Wildman–Crippen MR) is 110 cm³/mol. The third-order valence-corrected chi connectivity index (χ3v) is 6.17. The first kappa shape index (κ1) is 18.9. The molecule has 0 bridgehead atoms. The van der Waals surface area contributed by atoms with Gasteiger partial charge in [0.15, 0.2) is 5.96 Å². The maximum Gasteiger partial charge on any atom is 0.321 e. The molecule has 2 heterocycles. The molecule has 142 valence electrons. The van der Waals surface area contributed by atoms with Gasteiger partial charge in [-0.3, -0.25) is 4.99 Å². The standard InChI is InChI=1S/C19H29N5OS/c1-20-18(22-14-17-8-5-11-26-17)21-13-15-6-4-7-16(12-15)23-19(25)24-9-2-3-10-24/h4,6-7,12,17H,2-3,5,8-11,13-14H2,1H3,(H,23,25)(H2,20,21,22). The zero-order valence-corrected chi connectivity index (χ0v) is 16.3. The van der Waals surface area contributed by atoms with Crippen molar-refractivity contribution >= 4 is 29.4 Å². The maximum atomic E-state index is 12.2. The molecule has 1 aromatic rings. The Bertz CT molecular complexity index is 624. The molecule has 7 heteroatoms. The summed E-state index contributed by atoms with van der Waals surface area (Å²) in [6.45, 7) is 3.34. The van der Waals surface area contributed by atoms with Crippen LogP contribution in [0.4, 0.5) is 10.5 Å². The zero-order valence-electron chi connectivity index (χ0n) is 15.5. The number of carbonyl (C=O) groups is 1. The molecule has 3 N–H and O–H groups in total. The number of benzene rings is 1. The number of rotatable bonds is 5. The Hall–Kier alpha value is -1.89. The van der Waals surface area contributed by atoms with E-state index < -0.39 is 0 Å². The summed E-state index contributed by atoms with van der Waals surface area (Å²) in [5.41, 5.74) is 1.95. The van der Waals surface area contributed by atoms with E-state index >= 15 is 0 Å². The highest BCUT2D eigenvalue weighted by Crippen LogP contribution is 2.25. The third-order valence-electron chi connectivity index (χ3n) is 4.78. The topological polar surface area (TPSA) is 68.8 Å². The van der Waals surface area contributed by atoms with Crippen LogP contribution >= 0.6 is 11.8 Å². The summed E-state index contributed by atoms with van der Waals surface area (Å²) in [6, 6.07) is 7.97. The van der Waals surface area contributed by atoms with Crippen molar-refractivity contribution in [3.05, 3.63) is 29.8 Å². The van der Waals surface area contributed by atoms with Crippen molar-refractivity contribution in [3.8, 4) is 0 Å². The van der Waals surface area contributed by atoms with Crippen molar-refractivity contribution in [1.29, 1.82) is 0 Å². The van der Waals surface area contributed by atoms with Gasteiger partial charge in [0.05, 0.1) is 0 Å². The van der Waals surface area contributed by atoms with Crippen LogP contribution in [0.1, 0.15) is 31.2 Å². The maximum absolute atomic E-state index is 12.2. The minimum Gasteiger partial charge on any atom is -0.355 e. The van der Waals surface area contributed by atoms with Crippen molar-refractivity contribution in [2.24, 2.45) is 4.99 Å². The van der Waals surface area contributed by atoms with E-state index in [2.05, 4.69) is 27.0 Å². The van der Waals surface area contributed by atoms with E-state index in [1.807, 2.05) is 34.9 Å². The zero-order chi connectivity index (χ0) is 18.2. The fourth-order valence-electron chi connectivity index (χ4n) is 3.30. The molecule has 0 aliphatic carbocycles. The molecule has 1 atom stereocenters. The van der Waals surface area contributed by atoms with E-state index in [-0.39, 0.29) is 6.03 Å². The lowest BCUT2D eigenvalue weighted by atomic mass is 10.2. The van der Waals surface area contributed by atoms with E-state index in [9.17, 15) is 4.79 Å². The first-order valence-electron chi connectivity index (χ1n) is 9.45. The second kappa shape index (κ2) is 9.71. The van der Waals surface area contributed by atoms with Gasteiger partial charge in [-0.05, 0) is 49.1 Å². The Morgan fingerprint density at radius 2 is 2.12 bits per heavy atom. The van der Waals surface area contributed by atoms with Crippen LogP contribution in [0.2, 0.25) is 0 Å². The second-order valence-corrected chi connectivity index (χ2v) is 8.17. The molecule has 2 fully saturated rings. The van der Waals surface area contributed by atoms with E-state index in [1.165, 1.54) is 18.6 Å². The number of nitrogens with zero attached hydrogens (tertiary/aromatic N) is 2. The molecule has 0 aromatic heterocycles. The number of nitrogens with one attached hydrogen (secondary N) is 3. The highest BCUT2D eigenvalue weighted by molar-refractivity contribution is 8.00. The van der Waals surface area contributed by atoms with Gasteiger partial charge in [-0.25, -0.2) is 4.79 Å². The van der Waals surface area contributed by atoms with Crippen molar-refractivity contribution in [2.75, 3.05) is 37.8 Å². The van der Waals surface area contributed by atoms with Crippen LogP contribution < -0.4 is 16.0 Å². The molecular weight excluding hydrogens is 346 g/mol. The summed E-state index contributed by atoms with van der Waals surface area (Å²) >= 11 is 2.04. The third kappa shape index (κ3) is 5.56. The largest absolute Gasteiger partial charge is 0.355 e. The average Bonchev–Trinajstić information content (AvgIpc) is 3.36. The van der Waals surface area contributed by atoms with E-state index in [4.69, 9.17) is 0 Å². The molecular formula is C19H29N5OS. The number of likely N-dealkylation sites (tertiary alicyclic amines) is 1. The highest BCUT2D eigenvalue weighted by atomic mass is 32.2. The molecule has 1 unspecified atom stereocenters.